The first-order valence-corrected chi connectivity index (χ1v) is 7.35. The van der Waals surface area contributed by atoms with Crippen molar-refractivity contribution in [3.63, 3.8) is 0 Å². The molecule has 0 aromatic heterocycles. The second kappa shape index (κ2) is 7.44. The normalized spacial score (nSPS) is 12.5. The van der Waals surface area contributed by atoms with Crippen LogP contribution in [0.3, 0.4) is 0 Å². The van der Waals surface area contributed by atoms with Gasteiger partial charge in [-0.25, -0.2) is 4.79 Å². The average molecular weight is 267 g/mol. The highest BCUT2D eigenvalue weighted by Crippen LogP contribution is 2.14. The van der Waals surface area contributed by atoms with Crippen LogP contribution in [0, 0.1) is 0 Å². The third-order valence-corrected chi connectivity index (χ3v) is 3.82. The van der Waals surface area contributed by atoms with Gasteiger partial charge >= 0.3 is 5.97 Å². The van der Waals surface area contributed by atoms with Crippen LogP contribution in [0.5, 0.6) is 0 Å². The number of methoxy groups -OCH3 is 1. The van der Waals surface area contributed by atoms with E-state index in [-0.39, 0.29) is 5.97 Å². The minimum absolute atomic E-state index is 0.267. The highest BCUT2D eigenvalue weighted by atomic mass is 32.2. The smallest absolute Gasteiger partial charge is 0.338 e. The second-order valence-corrected chi connectivity index (χ2v) is 5.28. The summed E-state index contributed by atoms with van der Waals surface area (Å²) in [5.41, 5.74) is 1.67. The van der Waals surface area contributed by atoms with E-state index in [1.54, 1.807) is 0 Å². The summed E-state index contributed by atoms with van der Waals surface area (Å²) in [6.45, 7) is 2.95. The predicted molar refractivity (Wildman–Crippen MR) is 77.1 cm³/mol. The van der Waals surface area contributed by atoms with Gasteiger partial charge in [-0.1, -0.05) is 18.2 Å². The van der Waals surface area contributed by atoms with Crippen molar-refractivity contribution in [1.82, 2.24) is 4.90 Å². The van der Waals surface area contributed by atoms with Crippen LogP contribution in [0.2, 0.25) is 0 Å². The molecule has 0 N–H and O–H groups in total. The second-order valence-electron chi connectivity index (χ2n) is 4.37. The van der Waals surface area contributed by atoms with Gasteiger partial charge in [0.2, 0.25) is 0 Å². The molecule has 1 aromatic rings. The predicted octanol–water partition coefficient (Wildman–Crippen LogP) is 2.66. The SMILES string of the molecule is COC(=O)c1ccccc1CN(C)C(C)CSC. The van der Waals surface area contributed by atoms with Crippen molar-refractivity contribution in [3.05, 3.63) is 35.4 Å². The monoisotopic (exact) mass is 267 g/mol. The number of nitrogens with zero attached hydrogens (tertiary/aromatic N) is 1. The Labute approximate surface area is 114 Å². The Balaban J connectivity index is 2.80. The fourth-order valence-electron chi connectivity index (χ4n) is 1.76. The number of thioether (sulfide) groups is 1. The van der Waals surface area contributed by atoms with E-state index >= 15 is 0 Å². The van der Waals surface area contributed by atoms with Gasteiger partial charge in [-0.05, 0) is 31.9 Å². The van der Waals surface area contributed by atoms with E-state index in [2.05, 4.69) is 25.1 Å². The van der Waals surface area contributed by atoms with E-state index in [9.17, 15) is 4.79 Å². The van der Waals surface area contributed by atoms with Crippen molar-refractivity contribution in [1.29, 1.82) is 0 Å². The number of rotatable bonds is 6. The van der Waals surface area contributed by atoms with E-state index in [0.717, 1.165) is 17.9 Å². The molecule has 0 aliphatic rings. The number of hydrogen-bond donors (Lipinski definition) is 0. The lowest BCUT2D eigenvalue weighted by Gasteiger charge is -2.24. The summed E-state index contributed by atoms with van der Waals surface area (Å²) in [4.78, 5) is 13.9. The van der Waals surface area contributed by atoms with Gasteiger partial charge in [0.05, 0.1) is 12.7 Å². The van der Waals surface area contributed by atoms with Crippen molar-refractivity contribution in [2.75, 3.05) is 26.2 Å². The van der Waals surface area contributed by atoms with Gasteiger partial charge in [-0.2, -0.15) is 11.8 Å². The standard InChI is InChI=1S/C14H21NO2S/c1-11(10-18-4)15(2)9-12-7-5-6-8-13(12)14(16)17-3/h5-8,11H,9-10H2,1-4H3. The molecule has 3 nitrogen and oxygen atoms in total. The topological polar surface area (TPSA) is 29.5 Å². The number of carbonyl (C=O) groups excluding carboxylic acids is 1. The fraction of sp³-hybridized carbons (Fsp3) is 0.500. The average Bonchev–Trinajstić information content (AvgIpc) is 2.38. The molecule has 0 radical (unpaired) electrons. The van der Waals surface area contributed by atoms with Crippen LogP contribution in [0.1, 0.15) is 22.8 Å². The molecule has 1 atom stereocenters. The van der Waals surface area contributed by atoms with Crippen molar-refractivity contribution in [2.45, 2.75) is 19.5 Å². The molecule has 0 saturated heterocycles. The summed E-state index contributed by atoms with van der Waals surface area (Å²) in [6, 6.07) is 8.09. The Morgan fingerprint density at radius 2 is 2.11 bits per heavy atom. The first-order valence-electron chi connectivity index (χ1n) is 5.95. The third-order valence-electron chi connectivity index (χ3n) is 3.00. The largest absolute Gasteiger partial charge is 0.465 e. The molecular formula is C14H21NO2S. The summed E-state index contributed by atoms with van der Waals surface area (Å²) in [6.07, 6.45) is 2.10. The summed E-state index contributed by atoms with van der Waals surface area (Å²) in [7, 11) is 3.49. The minimum atomic E-state index is -0.267. The van der Waals surface area contributed by atoms with Gasteiger partial charge in [0.25, 0.3) is 0 Å². The molecule has 0 heterocycles. The van der Waals surface area contributed by atoms with Crippen LogP contribution in [-0.2, 0) is 11.3 Å². The van der Waals surface area contributed by atoms with Gasteiger partial charge in [-0.3, -0.25) is 4.90 Å². The van der Waals surface area contributed by atoms with Crippen LogP contribution in [0.15, 0.2) is 24.3 Å². The van der Waals surface area contributed by atoms with Crippen LogP contribution in [0.25, 0.3) is 0 Å². The van der Waals surface area contributed by atoms with Crippen molar-refractivity contribution >= 4 is 17.7 Å². The molecule has 0 fully saturated rings. The highest BCUT2D eigenvalue weighted by Gasteiger charge is 2.14. The maximum absolute atomic E-state index is 11.7. The molecule has 0 aliphatic carbocycles. The molecule has 1 unspecified atom stereocenters. The summed E-state index contributed by atoms with van der Waals surface area (Å²) in [5, 5.41) is 0. The zero-order chi connectivity index (χ0) is 13.5. The molecular weight excluding hydrogens is 246 g/mol. The van der Waals surface area contributed by atoms with Gasteiger partial charge in [0.1, 0.15) is 0 Å². The summed E-state index contributed by atoms with van der Waals surface area (Å²) < 4.78 is 4.80. The molecule has 100 valence electrons. The molecule has 1 aromatic carbocycles. The van der Waals surface area contributed by atoms with Crippen LogP contribution < -0.4 is 0 Å². The van der Waals surface area contributed by atoms with Gasteiger partial charge in [0, 0.05) is 18.3 Å². The Kier molecular flexibility index (Phi) is 6.22. The van der Waals surface area contributed by atoms with Crippen LogP contribution in [-0.4, -0.2) is 43.1 Å². The molecule has 4 heteroatoms. The quantitative estimate of drug-likeness (QED) is 0.741. The van der Waals surface area contributed by atoms with Crippen LogP contribution >= 0.6 is 11.8 Å². The van der Waals surface area contributed by atoms with E-state index in [0.29, 0.717) is 11.6 Å². The Morgan fingerprint density at radius 3 is 2.72 bits per heavy atom. The zero-order valence-electron chi connectivity index (χ0n) is 11.5. The van der Waals surface area contributed by atoms with E-state index in [1.807, 2.05) is 36.0 Å². The molecule has 18 heavy (non-hydrogen) atoms. The number of esters is 1. The lowest BCUT2D eigenvalue weighted by atomic mass is 10.1. The maximum Gasteiger partial charge on any atom is 0.338 e. The lowest BCUT2D eigenvalue weighted by molar-refractivity contribution is 0.0598. The minimum Gasteiger partial charge on any atom is -0.465 e. The fourth-order valence-corrected chi connectivity index (χ4v) is 2.50. The number of hydrogen-bond acceptors (Lipinski definition) is 4. The van der Waals surface area contributed by atoms with E-state index < -0.39 is 0 Å². The Morgan fingerprint density at radius 1 is 1.44 bits per heavy atom. The maximum atomic E-state index is 11.7. The summed E-state index contributed by atoms with van der Waals surface area (Å²) in [5.74, 6) is 0.813. The zero-order valence-corrected chi connectivity index (χ0v) is 12.3. The van der Waals surface area contributed by atoms with Gasteiger partial charge in [-0.15, -0.1) is 0 Å². The van der Waals surface area contributed by atoms with Crippen molar-refractivity contribution < 1.29 is 9.53 Å². The van der Waals surface area contributed by atoms with Crippen molar-refractivity contribution in [2.24, 2.45) is 0 Å². The van der Waals surface area contributed by atoms with Gasteiger partial charge in [0.15, 0.2) is 0 Å². The molecule has 0 amide bonds. The van der Waals surface area contributed by atoms with E-state index in [1.165, 1.54) is 7.11 Å². The molecule has 0 spiro atoms. The van der Waals surface area contributed by atoms with Crippen molar-refractivity contribution in [3.8, 4) is 0 Å². The number of carbonyl (C=O) groups is 1. The van der Waals surface area contributed by atoms with Crippen LogP contribution in [0.4, 0.5) is 0 Å². The highest BCUT2D eigenvalue weighted by molar-refractivity contribution is 7.98. The lowest BCUT2D eigenvalue weighted by Crippen LogP contribution is -2.31. The number of benzene rings is 1. The molecule has 0 bridgehead atoms. The molecule has 0 saturated carbocycles. The Bertz CT molecular complexity index is 395. The Hall–Kier alpha value is -1.00. The summed E-state index contributed by atoms with van der Waals surface area (Å²) >= 11 is 1.83. The van der Waals surface area contributed by atoms with Gasteiger partial charge < -0.3 is 4.74 Å². The molecule has 1 rings (SSSR count). The number of ether oxygens (including phenoxy) is 1. The first-order chi connectivity index (χ1) is 8.60. The molecule has 0 aliphatic heterocycles. The first kappa shape index (κ1) is 15.1. The van der Waals surface area contributed by atoms with E-state index in [4.69, 9.17) is 4.74 Å². The third kappa shape index (κ3) is 4.03.